The van der Waals surface area contributed by atoms with Crippen LogP contribution in [0.5, 0.6) is 0 Å². The van der Waals surface area contributed by atoms with Gasteiger partial charge in [0.15, 0.2) is 0 Å². The number of hydrogen-bond donors (Lipinski definition) is 0. The van der Waals surface area contributed by atoms with Crippen molar-refractivity contribution < 1.29 is 0 Å². The molecular weight excluding hydrogens is 108 g/mol. The first-order chi connectivity index (χ1) is 4.13. The Labute approximate surface area is 59.0 Å². The summed E-state index contributed by atoms with van der Waals surface area (Å²) in [5, 5.41) is 0. The van der Waals surface area contributed by atoms with Gasteiger partial charge in [-0.05, 0) is 20.3 Å². The van der Waals surface area contributed by atoms with Gasteiger partial charge in [-0.25, -0.2) is 0 Å². The van der Waals surface area contributed by atoms with Crippen molar-refractivity contribution in [3.8, 4) is 0 Å². The van der Waals surface area contributed by atoms with E-state index in [4.69, 9.17) is 0 Å². The molecule has 0 aliphatic carbocycles. The summed E-state index contributed by atoms with van der Waals surface area (Å²) in [5.74, 6) is 0.598. The van der Waals surface area contributed by atoms with Crippen LogP contribution in [-0.2, 0) is 0 Å². The first-order valence-corrected chi connectivity index (χ1v) is 3.59. The highest BCUT2D eigenvalue weighted by Gasteiger charge is 1.83. The molecule has 9 heavy (non-hydrogen) atoms. The van der Waals surface area contributed by atoms with Crippen LogP contribution in [0, 0.1) is 12.8 Å². The quantitative estimate of drug-likeness (QED) is 0.401. The monoisotopic (exact) mass is 125 g/mol. The molecule has 0 aromatic heterocycles. The van der Waals surface area contributed by atoms with Crippen LogP contribution in [-0.4, -0.2) is 0 Å². The second-order valence-corrected chi connectivity index (χ2v) is 2.96. The van der Waals surface area contributed by atoms with Gasteiger partial charge in [0, 0.05) is 0 Å². The predicted molar refractivity (Wildman–Crippen MR) is 43.2 cm³/mol. The molecule has 0 heterocycles. The average Bonchev–Trinajstić information content (AvgIpc) is 1.63. The van der Waals surface area contributed by atoms with Gasteiger partial charge in [0.1, 0.15) is 0 Å². The second kappa shape index (κ2) is 4.60. The summed E-state index contributed by atoms with van der Waals surface area (Å²) in [7, 11) is 0. The Bertz CT molecular complexity index is 84.2. The summed E-state index contributed by atoms with van der Waals surface area (Å²) in [4.78, 5) is 0. The molecule has 0 aliphatic heterocycles. The van der Waals surface area contributed by atoms with E-state index in [1.165, 1.54) is 18.4 Å². The van der Waals surface area contributed by atoms with E-state index in [-0.39, 0.29) is 0 Å². The lowest BCUT2D eigenvalue weighted by atomic mass is 10.1. The number of hydrogen-bond acceptors (Lipinski definition) is 0. The Morgan fingerprint density at radius 2 is 2.11 bits per heavy atom. The third kappa shape index (κ3) is 7.74. The first-order valence-electron chi connectivity index (χ1n) is 3.59. The molecule has 0 aliphatic rings. The van der Waals surface area contributed by atoms with E-state index in [9.17, 15) is 0 Å². The van der Waals surface area contributed by atoms with Gasteiger partial charge in [-0.2, -0.15) is 5.92 Å². The molecule has 0 aromatic carbocycles. The molecule has 0 bridgehead atoms. The molecule has 1 atom stereocenters. The van der Waals surface area contributed by atoms with E-state index in [2.05, 4.69) is 33.8 Å². The van der Waals surface area contributed by atoms with Crippen molar-refractivity contribution in [3.05, 3.63) is 18.6 Å². The lowest BCUT2D eigenvalue weighted by Crippen LogP contribution is -1.84. The third-order valence-corrected chi connectivity index (χ3v) is 1.21. The zero-order valence-corrected chi connectivity index (χ0v) is 6.78. The number of allylic oxidation sites excluding steroid dienone is 2. The van der Waals surface area contributed by atoms with Crippen molar-refractivity contribution in [2.75, 3.05) is 0 Å². The van der Waals surface area contributed by atoms with Crippen molar-refractivity contribution in [1.82, 2.24) is 0 Å². The fourth-order valence-corrected chi connectivity index (χ4v) is 0.657. The van der Waals surface area contributed by atoms with Gasteiger partial charge in [-0.1, -0.05) is 25.0 Å². The summed E-state index contributed by atoms with van der Waals surface area (Å²) in [5.41, 5.74) is 1.41. The van der Waals surface area contributed by atoms with Crippen LogP contribution in [0.4, 0.5) is 0 Å². The fourth-order valence-electron chi connectivity index (χ4n) is 0.657. The largest absolute Gasteiger partial charge is 0.341 e. The molecule has 0 N–H and O–H groups in total. The van der Waals surface area contributed by atoms with Gasteiger partial charge in [-0.15, -0.1) is 0 Å². The van der Waals surface area contributed by atoms with E-state index < -0.39 is 0 Å². The average molecular weight is 125 g/mol. The third-order valence-electron chi connectivity index (χ3n) is 1.21. The van der Waals surface area contributed by atoms with Crippen LogP contribution < -0.4 is 0 Å². The minimum absolute atomic E-state index is 0.598. The van der Waals surface area contributed by atoms with Gasteiger partial charge in [0.25, 0.3) is 0 Å². The predicted octanol–water partition coefficient (Wildman–Crippen LogP) is 3.20. The van der Waals surface area contributed by atoms with E-state index in [1.807, 2.05) is 0 Å². The molecule has 0 fully saturated rings. The highest BCUT2D eigenvalue weighted by atomic mass is 14.0. The van der Waals surface area contributed by atoms with Crippen molar-refractivity contribution in [1.29, 1.82) is 0 Å². The van der Waals surface area contributed by atoms with E-state index in [0.29, 0.717) is 5.92 Å². The highest BCUT2D eigenvalue weighted by molar-refractivity contribution is 4.92. The Balaban J connectivity index is 3.20. The van der Waals surface area contributed by atoms with Gasteiger partial charge in [0.05, 0.1) is 0 Å². The maximum atomic E-state index is 3.91. The molecular formula is C9H17-. The fraction of sp³-hybridized carbons (Fsp3) is 0.667. The molecule has 0 amide bonds. The molecule has 0 nitrogen and oxygen atoms in total. The Morgan fingerprint density at radius 3 is 2.44 bits per heavy atom. The van der Waals surface area contributed by atoms with Gasteiger partial charge in [0.2, 0.25) is 0 Å². The molecule has 0 spiro atoms. The first kappa shape index (κ1) is 8.74. The molecule has 0 rings (SSSR count). The minimum atomic E-state index is 0.598. The van der Waals surface area contributed by atoms with Crippen molar-refractivity contribution in [2.45, 2.75) is 33.6 Å². The topological polar surface area (TPSA) is 0 Å². The standard InChI is InChI=1S/C9H17/c1-8(2)6-5-7-9(3)4/h7-8H,1,5-6H2,2-4H3/q-1. The van der Waals surface area contributed by atoms with E-state index in [0.717, 1.165) is 0 Å². The molecule has 0 saturated carbocycles. The van der Waals surface area contributed by atoms with Crippen LogP contribution in [0.1, 0.15) is 33.6 Å². The Morgan fingerprint density at radius 1 is 1.56 bits per heavy atom. The lowest BCUT2D eigenvalue weighted by molar-refractivity contribution is 0.652. The minimum Gasteiger partial charge on any atom is -0.341 e. The Hall–Kier alpha value is -0.260. The van der Waals surface area contributed by atoms with Gasteiger partial charge < -0.3 is 6.92 Å². The molecule has 0 heteroatoms. The van der Waals surface area contributed by atoms with Crippen LogP contribution in [0.3, 0.4) is 0 Å². The van der Waals surface area contributed by atoms with Crippen molar-refractivity contribution in [3.63, 3.8) is 0 Å². The lowest BCUT2D eigenvalue weighted by Gasteiger charge is -2.06. The highest BCUT2D eigenvalue weighted by Crippen LogP contribution is 2.04. The smallest absolute Gasteiger partial charge is 0.0370 e. The van der Waals surface area contributed by atoms with Crippen LogP contribution >= 0.6 is 0 Å². The molecule has 0 radical (unpaired) electrons. The summed E-state index contributed by atoms with van der Waals surface area (Å²) in [6.07, 6.45) is 4.67. The summed E-state index contributed by atoms with van der Waals surface area (Å²) >= 11 is 0. The zero-order valence-electron chi connectivity index (χ0n) is 6.78. The van der Waals surface area contributed by atoms with Crippen LogP contribution in [0.15, 0.2) is 11.6 Å². The molecule has 1 unspecified atom stereocenters. The SMILES string of the molecule is [CH2-]C(C)CCC=C(C)C. The van der Waals surface area contributed by atoms with Crippen molar-refractivity contribution in [2.24, 2.45) is 5.92 Å². The van der Waals surface area contributed by atoms with Crippen LogP contribution in [0.25, 0.3) is 0 Å². The zero-order chi connectivity index (χ0) is 7.28. The molecule has 54 valence electrons. The molecule has 0 saturated heterocycles. The summed E-state index contributed by atoms with van der Waals surface area (Å²) in [6.45, 7) is 10.3. The van der Waals surface area contributed by atoms with Crippen molar-refractivity contribution >= 4 is 0 Å². The maximum Gasteiger partial charge on any atom is -0.0370 e. The van der Waals surface area contributed by atoms with Gasteiger partial charge >= 0.3 is 0 Å². The molecule has 0 aromatic rings. The summed E-state index contributed by atoms with van der Waals surface area (Å²) in [6, 6.07) is 0. The van der Waals surface area contributed by atoms with E-state index >= 15 is 0 Å². The Kier molecular flexibility index (Phi) is 4.47. The van der Waals surface area contributed by atoms with Gasteiger partial charge in [-0.3, -0.25) is 0 Å². The number of rotatable bonds is 3. The normalized spacial score (nSPS) is 12.9. The van der Waals surface area contributed by atoms with E-state index in [1.54, 1.807) is 0 Å². The van der Waals surface area contributed by atoms with Crippen LogP contribution in [0.2, 0.25) is 0 Å². The maximum absolute atomic E-state index is 3.91. The second-order valence-electron chi connectivity index (χ2n) is 2.96. The summed E-state index contributed by atoms with van der Waals surface area (Å²) < 4.78 is 0.